The third kappa shape index (κ3) is 8.48. The van der Waals surface area contributed by atoms with E-state index >= 15 is 0 Å². The third-order valence-electron chi connectivity index (χ3n) is 12.0. The lowest BCUT2D eigenvalue weighted by molar-refractivity contribution is -0.144. The van der Waals surface area contributed by atoms with Crippen LogP contribution >= 0.6 is 35.3 Å². The molecule has 9 rings (SSSR count). The van der Waals surface area contributed by atoms with Gasteiger partial charge in [0.15, 0.2) is 10.8 Å². The predicted molar refractivity (Wildman–Crippen MR) is 257 cm³/mol. The first kappa shape index (κ1) is 43.1. The molecule has 13 heteroatoms. The van der Waals surface area contributed by atoms with E-state index in [2.05, 4.69) is 59.1 Å². The summed E-state index contributed by atoms with van der Waals surface area (Å²) in [6.45, 7) is 3.39. The van der Waals surface area contributed by atoms with Crippen LogP contribution in [0, 0.1) is 5.92 Å². The number of carbonyl (C=O) groups is 2. The summed E-state index contributed by atoms with van der Waals surface area (Å²) in [4.78, 5) is 40.8. The summed E-state index contributed by atoms with van der Waals surface area (Å²) >= 11 is 9.19. The smallest absolute Gasteiger partial charge is 0.276 e. The molecule has 3 atom stereocenters. The lowest BCUT2D eigenvalue weighted by atomic mass is 9.77. The van der Waals surface area contributed by atoms with Gasteiger partial charge >= 0.3 is 0 Å². The van der Waals surface area contributed by atoms with E-state index in [4.69, 9.17) is 31.5 Å². The summed E-state index contributed by atoms with van der Waals surface area (Å²) < 4.78 is 12.6. The summed E-state index contributed by atoms with van der Waals surface area (Å²) in [5.41, 5.74) is 6.01. The number of amides is 2. The highest BCUT2D eigenvalue weighted by atomic mass is 32.2. The summed E-state index contributed by atoms with van der Waals surface area (Å²) in [6, 6.07) is 49.7. The molecule has 0 spiro atoms. The number of carbonyl (C=O) groups excluding carboxylic acids is 2. The van der Waals surface area contributed by atoms with Crippen LogP contribution in [0.25, 0.3) is 0 Å². The van der Waals surface area contributed by atoms with Crippen LogP contribution in [0.2, 0.25) is 0 Å². The molecular formula is C51H47N5O5S3. The van der Waals surface area contributed by atoms with Gasteiger partial charge in [-0.3, -0.25) is 14.5 Å². The molecule has 2 unspecified atom stereocenters. The van der Waals surface area contributed by atoms with Crippen molar-refractivity contribution in [3.63, 3.8) is 0 Å². The molecule has 0 radical (unpaired) electrons. The van der Waals surface area contributed by atoms with Crippen LogP contribution in [0.4, 0.5) is 5.13 Å². The van der Waals surface area contributed by atoms with Gasteiger partial charge in [-0.15, -0.1) is 23.1 Å². The minimum Gasteiger partial charge on any atom is -0.469 e. The highest BCUT2D eigenvalue weighted by Gasteiger charge is 2.56. The number of thioether (sulfide) groups is 1. The zero-order valence-electron chi connectivity index (χ0n) is 35.3. The van der Waals surface area contributed by atoms with Crippen molar-refractivity contribution < 1.29 is 23.9 Å². The van der Waals surface area contributed by atoms with Crippen molar-refractivity contribution in [3.8, 4) is 0 Å². The minimum absolute atomic E-state index is 0.0290. The molecule has 0 bridgehead atoms. The average Bonchev–Trinajstić information content (AvgIpc) is 3.82. The number of hydrogen-bond acceptors (Lipinski definition) is 11. The van der Waals surface area contributed by atoms with Crippen LogP contribution in [0.3, 0.4) is 0 Å². The van der Waals surface area contributed by atoms with Gasteiger partial charge in [-0.05, 0) is 71.3 Å². The van der Waals surface area contributed by atoms with Crippen LogP contribution < -0.4 is 10.6 Å². The Morgan fingerprint density at radius 2 is 1.34 bits per heavy atom. The number of benzene rings is 5. The van der Waals surface area contributed by atoms with E-state index in [0.29, 0.717) is 29.7 Å². The molecule has 1 aromatic heterocycles. The zero-order valence-corrected chi connectivity index (χ0v) is 37.8. The number of hydrogen-bond donors (Lipinski definition) is 2. The molecule has 10 nitrogen and oxygen atoms in total. The second kappa shape index (κ2) is 19.3. The van der Waals surface area contributed by atoms with Gasteiger partial charge in [0.2, 0.25) is 5.05 Å². The first-order valence-corrected chi connectivity index (χ1v) is 23.5. The minimum atomic E-state index is -0.867. The number of thiazole rings is 1. The van der Waals surface area contributed by atoms with Gasteiger partial charge in [-0.25, -0.2) is 4.98 Å². The molecule has 3 aliphatic rings. The van der Waals surface area contributed by atoms with Crippen molar-refractivity contribution in [1.82, 2.24) is 15.2 Å². The maximum Gasteiger partial charge on any atom is 0.276 e. The molecule has 5 aromatic carbocycles. The highest BCUT2D eigenvalue weighted by Crippen LogP contribution is 2.49. The quantitative estimate of drug-likeness (QED) is 0.0363. The first-order chi connectivity index (χ1) is 31.4. The highest BCUT2D eigenvalue weighted by molar-refractivity contribution is 8.00. The van der Waals surface area contributed by atoms with E-state index in [9.17, 15) is 9.59 Å². The molecule has 2 saturated heterocycles. The van der Waals surface area contributed by atoms with Gasteiger partial charge in [0.25, 0.3) is 11.8 Å². The third-order valence-corrected chi connectivity index (χ3v) is 14.4. The number of nitrogens with one attached hydrogen (secondary N) is 2. The Hall–Kier alpha value is -6.12. The second-order valence-corrected chi connectivity index (χ2v) is 18.5. The van der Waals surface area contributed by atoms with E-state index < -0.39 is 29.0 Å². The molecule has 2 fully saturated rings. The van der Waals surface area contributed by atoms with Crippen molar-refractivity contribution in [2.75, 3.05) is 25.6 Å². The molecule has 324 valence electrons. The number of nitrogens with zero attached hydrogens (tertiary/aromatic N) is 3. The van der Waals surface area contributed by atoms with E-state index in [1.807, 2.05) is 115 Å². The fraction of sp³-hybridized carbons (Fsp3) is 0.235. The SMILES string of the molecule is CO/N=C(/C(=O)NC1C(=O)N2C(C(=S)OC(c3ccccc3)c3ccccc3)=C(C3CCOCC3)C(C)S[C@H]12)c1csc(NC(c2ccccc2)(c2ccccc2)c2ccccc2)n1. The molecule has 0 saturated carbocycles. The number of aromatic nitrogens is 1. The second-order valence-electron chi connectivity index (χ2n) is 15.8. The molecule has 6 aromatic rings. The Bertz CT molecular complexity index is 2510. The van der Waals surface area contributed by atoms with Crippen LogP contribution in [0.15, 0.2) is 173 Å². The van der Waals surface area contributed by atoms with Crippen LogP contribution in [0.1, 0.15) is 59.4 Å². The van der Waals surface area contributed by atoms with E-state index in [-0.39, 0.29) is 27.8 Å². The molecule has 2 N–H and O–H groups in total. The maximum absolute atomic E-state index is 14.5. The molecule has 64 heavy (non-hydrogen) atoms. The molecule has 4 heterocycles. The number of rotatable bonds is 14. The van der Waals surface area contributed by atoms with Gasteiger partial charge in [-0.1, -0.05) is 157 Å². The number of ether oxygens (including phenoxy) is 2. The molecule has 0 aliphatic carbocycles. The summed E-state index contributed by atoms with van der Waals surface area (Å²) in [5.74, 6) is -0.715. The van der Waals surface area contributed by atoms with Gasteiger partial charge in [0, 0.05) is 23.8 Å². The Kier molecular flexibility index (Phi) is 13.0. The van der Waals surface area contributed by atoms with Crippen LogP contribution in [0.5, 0.6) is 0 Å². The van der Waals surface area contributed by atoms with Crippen molar-refractivity contribution in [2.45, 2.75) is 48.1 Å². The normalized spacial score (nSPS) is 19.1. The van der Waals surface area contributed by atoms with Gasteiger partial charge < -0.3 is 24.9 Å². The number of oxime groups is 1. The van der Waals surface area contributed by atoms with Crippen molar-refractivity contribution in [3.05, 3.63) is 202 Å². The Balaban J connectivity index is 0.997. The van der Waals surface area contributed by atoms with Gasteiger partial charge in [-0.2, -0.15) is 0 Å². The van der Waals surface area contributed by atoms with E-state index in [1.165, 1.54) is 18.4 Å². The lowest BCUT2D eigenvalue weighted by Gasteiger charge is -2.53. The fourth-order valence-corrected chi connectivity index (χ4v) is 11.6. The monoisotopic (exact) mass is 905 g/mol. The van der Waals surface area contributed by atoms with E-state index in [0.717, 1.165) is 46.2 Å². The first-order valence-electron chi connectivity index (χ1n) is 21.3. The average molecular weight is 906 g/mol. The topological polar surface area (TPSA) is 114 Å². The predicted octanol–water partition coefficient (Wildman–Crippen LogP) is 9.50. The molecule has 2 amide bonds. The van der Waals surface area contributed by atoms with Crippen LogP contribution in [-0.2, 0) is 29.4 Å². The number of thiocarbonyl (C=S) groups is 1. The largest absolute Gasteiger partial charge is 0.469 e. The maximum atomic E-state index is 14.5. The van der Waals surface area contributed by atoms with Crippen LogP contribution in [-0.4, -0.2) is 69.4 Å². The number of anilines is 1. The van der Waals surface area contributed by atoms with E-state index in [1.54, 1.807) is 22.0 Å². The molecular weight excluding hydrogens is 859 g/mol. The van der Waals surface area contributed by atoms with Crippen molar-refractivity contribution in [2.24, 2.45) is 11.1 Å². The Morgan fingerprint density at radius 3 is 1.86 bits per heavy atom. The summed E-state index contributed by atoms with van der Waals surface area (Å²) in [6.07, 6.45) is 1.12. The summed E-state index contributed by atoms with van der Waals surface area (Å²) in [7, 11) is 1.38. The number of β-lactam (4-membered cyclic amide) rings is 1. The number of fused-ring (bicyclic) bond motifs is 1. The fourth-order valence-electron chi connectivity index (χ4n) is 8.97. The van der Waals surface area contributed by atoms with Gasteiger partial charge in [0.1, 0.15) is 35.9 Å². The Morgan fingerprint density at radius 1 is 0.828 bits per heavy atom. The van der Waals surface area contributed by atoms with Crippen molar-refractivity contribution in [1.29, 1.82) is 0 Å². The van der Waals surface area contributed by atoms with Gasteiger partial charge in [0.05, 0.1) is 5.70 Å². The summed E-state index contributed by atoms with van der Waals surface area (Å²) in [5, 5.41) is 13.0. The zero-order chi connectivity index (χ0) is 44.0. The standard InChI is InChI=1S/C51H47N5O5S3/c1-33-41(34-28-30-60-31-29-34)44(49(62)61-45(35-18-8-3-9-19-35)36-20-10-4-11-21-36)56-47(58)43(48(56)64-33)53-46(57)42(55-59-2)40-32-63-50(52-40)54-51(37-22-12-5-13-23-37,38-24-14-6-15-25-38)39-26-16-7-17-27-39/h3-27,32-34,43,45,48H,28-31H2,1-2H3,(H,52,54)(H,53,57)/b55-42+/t33?,43?,48-/m1/s1. The Labute approximate surface area is 386 Å². The lowest BCUT2D eigenvalue weighted by Crippen LogP contribution is -2.71. The van der Waals surface area contributed by atoms with Crippen molar-refractivity contribution >= 4 is 63.0 Å². The molecule has 3 aliphatic heterocycles.